The number of benzene rings is 1. The zero-order valence-electron chi connectivity index (χ0n) is 12.4. The molecule has 1 aliphatic rings. The Kier molecular flexibility index (Phi) is 3.93. The summed E-state index contributed by atoms with van der Waals surface area (Å²) < 4.78 is 12.2. The predicted octanol–water partition coefficient (Wildman–Crippen LogP) is 3.29. The molecular weight excluding hydrogens is 237 g/mol. The molecule has 104 valence electrons. The molecule has 1 heterocycles. The second-order valence-electron chi connectivity index (χ2n) is 6.07. The summed E-state index contributed by atoms with van der Waals surface area (Å²) in [6.45, 7) is 8.46. The summed E-state index contributed by atoms with van der Waals surface area (Å²) in [5.74, 6) is 0. The molecule has 0 saturated carbocycles. The average Bonchev–Trinajstić information content (AvgIpc) is 2.53. The van der Waals surface area contributed by atoms with Crippen LogP contribution in [0.4, 0.5) is 5.69 Å². The lowest BCUT2D eigenvalue weighted by atomic mass is 9.82. The minimum Gasteiger partial charge on any atom is -0.403 e. The van der Waals surface area contributed by atoms with Gasteiger partial charge in [0, 0.05) is 12.1 Å². The number of nitrogens with two attached hydrogens (primary N) is 1. The summed E-state index contributed by atoms with van der Waals surface area (Å²) in [6.07, 6.45) is 2.76. The minimum atomic E-state index is -0.345. The highest BCUT2D eigenvalue weighted by molar-refractivity contribution is 6.45. The van der Waals surface area contributed by atoms with Crippen molar-refractivity contribution in [2.24, 2.45) is 0 Å². The summed E-state index contributed by atoms with van der Waals surface area (Å²) in [4.78, 5) is 0. The quantitative estimate of drug-likeness (QED) is 0.668. The maximum atomic E-state index is 6.19. The van der Waals surface area contributed by atoms with E-state index in [0.29, 0.717) is 0 Å². The number of nitrogen functional groups attached to an aromatic ring is 1. The highest BCUT2D eigenvalue weighted by Gasteiger charge is 2.53. The summed E-state index contributed by atoms with van der Waals surface area (Å²) in [5.41, 5.74) is 7.33. The molecule has 0 aromatic heterocycles. The number of rotatable bonds is 4. The first-order valence-electron chi connectivity index (χ1n) is 7.07. The average molecular weight is 261 g/mol. The molecule has 0 radical (unpaired) electrons. The fraction of sp³-hybridized carbons (Fsp3) is 0.600. The van der Waals surface area contributed by atoms with Crippen molar-refractivity contribution in [1.29, 1.82) is 0 Å². The lowest BCUT2D eigenvalue weighted by Crippen LogP contribution is -2.46. The molecule has 2 N–H and O–H groups in total. The normalized spacial score (nSPS) is 25.8. The van der Waals surface area contributed by atoms with E-state index in [4.69, 9.17) is 15.0 Å². The lowest BCUT2D eigenvalue weighted by Gasteiger charge is -2.36. The summed E-state index contributed by atoms with van der Waals surface area (Å²) in [7, 11) is -0.102. The molecule has 1 aromatic carbocycles. The van der Waals surface area contributed by atoms with Crippen molar-refractivity contribution in [3.63, 3.8) is 0 Å². The second kappa shape index (κ2) is 5.18. The van der Waals surface area contributed by atoms with Gasteiger partial charge in [0.2, 0.25) is 0 Å². The van der Waals surface area contributed by atoms with Crippen LogP contribution >= 0.6 is 0 Å². The summed E-state index contributed by atoms with van der Waals surface area (Å²) in [6, 6.07) is 7.97. The van der Waals surface area contributed by atoms with Crippen LogP contribution in [0.2, 0.25) is 6.32 Å². The first-order chi connectivity index (χ1) is 8.88. The zero-order valence-corrected chi connectivity index (χ0v) is 12.4. The molecule has 1 aromatic rings. The van der Waals surface area contributed by atoms with Gasteiger partial charge in [-0.2, -0.15) is 0 Å². The molecule has 19 heavy (non-hydrogen) atoms. The lowest BCUT2D eigenvalue weighted by molar-refractivity contribution is -0.00865. The maximum absolute atomic E-state index is 6.19. The smallest absolute Gasteiger partial charge is 0.403 e. The van der Waals surface area contributed by atoms with Crippen molar-refractivity contribution in [3.05, 3.63) is 29.8 Å². The van der Waals surface area contributed by atoms with Gasteiger partial charge in [0.15, 0.2) is 0 Å². The third kappa shape index (κ3) is 2.80. The molecule has 1 atom stereocenters. The van der Waals surface area contributed by atoms with E-state index < -0.39 is 0 Å². The standard InChI is InChI=1S/C15H24BNO2/c1-5-10-16-18-14(2,3)15(4,19-16)11-12-8-6-7-9-13(12)17/h6-9H,5,10-11,17H2,1-4H3. The predicted molar refractivity (Wildman–Crippen MR) is 80.1 cm³/mol. The first kappa shape index (κ1) is 14.4. The Morgan fingerprint density at radius 2 is 1.84 bits per heavy atom. The third-order valence-electron chi connectivity index (χ3n) is 4.20. The van der Waals surface area contributed by atoms with Crippen LogP contribution < -0.4 is 5.73 Å². The Morgan fingerprint density at radius 3 is 2.47 bits per heavy atom. The Labute approximate surface area is 116 Å². The summed E-state index contributed by atoms with van der Waals surface area (Å²) >= 11 is 0. The van der Waals surface area contributed by atoms with Gasteiger partial charge in [0.05, 0.1) is 11.2 Å². The van der Waals surface area contributed by atoms with Gasteiger partial charge in [-0.3, -0.25) is 0 Å². The van der Waals surface area contributed by atoms with Gasteiger partial charge >= 0.3 is 7.12 Å². The van der Waals surface area contributed by atoms with Crippen molar-refractivity contribution in [2.45, 2.75) is 58.1 Å². The fourth-order valence-electron chi connectivity index (χ4n) is 2.58. The molecule has 2 rings (SSSR count). The first-order valence-corrected chi connectivity index (χ1v) is 7.07. The van der Waals surface area contributed by atoms with Crippen molar-refractivity contribution >= 4 is 12.8 Å². The number of hydrogen-bond donors (Lipinski definition) is 1. The van der Waals surface area contributed by atoms with Crippen molar-refractivity contribution in [2.75, 3.05) is 5.73 Å². The molecule has 0 aliphatic carbocycles. The van der Waals surface area contributed by atoms with Crippen molar-refractivity contribution < 1.29 is 9.31 Å². The van der Waals surface area contributed by atoms with Crippen LogP contribution in [0.15, 0.2) is 24.3 Å². The molecule has 3 nitrogen and oxygen atoms in total. The van der Waals surface area contributed by atoms with Crippen molar-refractivity contribution in [1.82, 2.24) is 0 Å². The van der Waals surface area contributed by atoms with Crippen molar-refractivity contribution in [3.8, 4) is 0 Å². The highest BCUT2D eigenvalue weighted by atomic mass is 16.7. The number of hydrogen-bond acceptors (Lipinski definition) is 3. The molecule has 1 unspecified atom stereocenters. The van der Waals surface area contributed by atoms with Gasteiger partial charge in [0.25, 0.3) is 0 Å². The Bertz CT molecular complexity index is 450. The third-order valence-corrected chi connectivity index (χ3v) is 4.20. The fourth-order valence-corrected chi connectivity index (χ4v) is 2.58. The summed E-state index contributed by atoms with van der Waals surface area (Å²) in [5, 5.41) is 0. The molecule has 0 bridgehead atoms. The number of anilines is 1. The van der Waals surface area contributed by atoms with E-state index in [1.807, 2.05) is 18.2 Å². The zero-order chi connectivity index (χ0) is 14.1. The van der Waals surface area contributed by atoms with E-state index >= 15 is 0 Å². The van der Waals surface area contributed by atoms with Gasteiger partial charge in [0.1, 0.15) is 0 Å². The van der Waals surface area contributed by atoms with Crippen LogP contribution in [0.1, 0.15) is 39.7 Å². The van der Waals surface area contributed by atoms with E-state index in [1.54, 1.807) is 0 Å². The SMILES string of the molecule is CCCB1OC(C)(C)C(C)(Cc2ccccc2N)O1. The van der Waals surface area contributed by atoms with Gasteiger partial charge in [-0.15, -0.1) is 0 Å². The Hall–Kier alpha value is -0.995. The largest absolute Gasteiger partial charge is 0.457 e. The molecule has 1 saturated heterocycles. The molecule has 1 aliphatic heterocycles. The minimum absolute atomic E-state index is 0.102. The van der Waals surface area contributed by atoms with Crippen LogP contribution in [0.5, 0.6) is 0 Å². The van der Waals surface area contributed by atoms with E-state index in [1.165, 1.54) is 0 Å². The maximum Gasteiger partial charge on any atom is 0.457 e. The van der Waals surface area contributed by atoms with E-state index in [-0.39, 0.29) is 18.3 Å². The molecule has 0 amide bonds. The van der Waals surface area contributed by atoms with Gasteiger partial charge in [-0.1, -0.05) is 31.5 Å². The number of para-hydroxylation sites is 1. The van der Waals surface area contributed by atoms with E-state index in [0.717, 1.165) is 30.4 Å². The van der Waals surface area contributed by atoms with Crippen LogP contribution in [0, 0.1) is 0 Å². The molecule has 4 heteroatoms. The molecule has 0 spiro atoms. The monoisotopic (exact) mass is 261 g/mol. The van der Waals surface area contributed by atoms with Crippen LogP contribution in [-0.4, -0.2) is 18.3 Å². The van der Waals surface area contributed by atoms with E-state index in [2.05, 4.69) is 33.8 Å². The Balaban J connectivity index is 2.20. The highest BCUT2D eigenvalue weighted by Crippen LogP contribution is 2.41. The van der Waals surface area contributed by atoms with Gasteiger partial charge in [-0.05, 0) is 38.7 Å². The molecular formula is C15H24BNO2. The molecule has 1 fully saturated rings. The van der Waals surface area contributed by atoms with Crippen LogP contribution in [0.3, 0.4) is 0 Å². The van der Waals surface area contributed by atoms with Crippen LogP contribution in [-0.2, 0) is 15.7 Å². The Morgan fingerprint density at radius 1 is 1.16 bits per heavy atom. The van der Waals surface area contributed by atoms with Crippen LogP contribution in [0.25, 0.3) is 0 Å². The van der Waals surface area contributed by atoms with E-state index in [9.17, 15) is 0 Å². The second-order valence-corrected chi connectivity index (χ2v) is 6.07. The topological polar surface area (TPSA) is 44.5 Å². The van der Waals surface area contributed by atoms with Gasteiger partial charge < -0.3 is 15.0 Å². The van der Waals surface area contributed by atoms with Gasteiger partial charge in [-0.25, -0.2) is 0 Å².